The van der Waals surface area contributed by atoms with Gasteiger partial charge in [-0.25, -0.2) is 4.79 Å². The molecule has 1 atom stereocenters. The fourth-order valence-corrected chi connectivity index (χ4v) is 2.31. The third-order valence-corrected chi connectivity index (χ3v) is 3.60. The Morgan fingerprint density at radius 3 is 2.62 bits per heavy atom. The van der Waals surface area contributed by atoms with Crippen molar-refractivity contribution < 1.29 is 19.6 Å². The molecule has 1 aromatic carbocycles. The van der Waals surface area contributed by atoms with Gasteiger partial charge in [-0.1, -0.05) is 13.3 Å². The molecule has 114 valence electrons. The normalized spacial score (nSPS) is 11.7. The first-order valence-corrected chi connectivity index (χ1v) is 7.49. The zero-order valence-corrected chi connectivity index (χ0v) is 12.5. The second-order valence-electron chi connectivity index (χ2n) is 4.30. The summed E-state index contributed by atoms with van der Waals surface area (Å²) < 4.78 is 0. The van der Waals surface area contributed by atoms with Crippen molar-refractivity contribution in [1.29, 1.82) is 0 Å². The molecule has 0 spiro atoms. The van der Waals surface area contributed by atoms with E-state index in [1.165, 1.54) is 23.9 Å². The highest BCUT2D eigenvalue weighted by Gasteiger charge is 2.22. The van der Waals surface area contributed by atoms with Crippen LogP contribution in [0.2, 0.25) is 0 Å². The van der Waals surface area contributed by atoms with Gasteiger partial charge >= 0.3 is 5.97 Å². The minimum absolute atomic E-state index is 0.0712. The molecule has 0 saturated heterocycles. The number of nitrogens with zero attached hydrogens (tertiary/aromatic N) is 1. The van der Waals surface area contributed by atoms with Crippen LogP contribution >= 0.6 is 11.8 Å². The molecule has 1 amide bonds. The summed E-state index contributed by atoms with van der Waals surface area (Å²) in [5.41, 5.74) is -0.0978. The summed E-state index contributed by atoms with van der Waals surface area (Å²) in [4.78, 5) is 33.8. The first-order valence-electron chi connectivity index (χ1n) is 6.26. The fraction of sp³-hybridized carbons (Fsp3) is 0.385. The lowest BCUT2D eigenvalue weighted by Crippen LogP contribution is -2.40. The standard InChI is InChI=1S/C13H16N2O5S/c1-3-4-9(13(17)18)14-12(16)8-5-6-11(21-2)10(7-8)15(19)20/h5-7,9H,3-4H2,1-2H3,(H,14,16)(H,17,18). The van der Waals surface area contributed by atoms with Crippen molar-refractivity contribution >= 4 is 29.3 Å². The fourth-order valence-electron chi connectivity index (χ4n) is 1.76. The predicted molar refractivity (Wildman–Crippen MR) is 78.7 cm³/mol. The molecule has 1 rings (SSSR count). The number of rotatable bonds is 7. The van der Waals surface area contributed by atoms with E-state index in [2.05, 4.69) is 5.32 Å². The second kappa shape index (κ2) is 7.63. The van der Waals surface area contributed by atoms with Crippen LogP contribution < -0.4 is 5.32 Å². The number of nitro groups is 1. The van der Waals surface area contributed by atoms with Gasteiger partial charge in [-0.2, -0.15) is 0 Å². The molecule has 0 fully saturated rings. The third-order valence-electron chi connectivity index (χ3n) is 2.82. The molecule has 2 N–H and O–H groups in total. The van der Waals surface area contributed by atoms with E-state index in [1.54, 1.807) is 13.2 Å². The van der Waals surface area contributed by atoms with Crippen LogP contribution in [0.4, 0.5) is 5.69 Å². The zero-order valence-electron chi connectivity index (χ0n) is 11.7. The van der Waals surface area contributed by atoms with Crippen molar-refractivity contribution in [3.05, 3.63) is 33.9 Å². The topological polar surface area (TPSA) is 110 Å². The Morgan fingerprint density at radius 1 is 1.48 bits per heavy atom. The van der Waals surface area contributed by atoms with Crippen LogP contribution in [0.15, 0.2) is 23.1 Å². The van der Waals surface area contributed by atoms with Crippen LogP contribution in [0, 0.1) is 10.1 Å². The third kappa shape index (κ3) is 4.45. The Kier molecular flexibility index (Phi) is 6.16. The monoisotopic (exact) mass is 312 g/mol. The molecule has 0 aromatic heterocycles. The first-order chi connectivity index (χ1) is 9.90. The zero-order chi connectivity index (χ0) is 16.0. The molecule has 1 aromatic rings. The Hall–Kier alpha value is -2.09. The highest BCUT2D eigenvalue weighted by atomic mass is 32.2. The van der Waals surface area contributed by atoms with Crippen LogP contribution in [-0.4, -0.2) is 34.2 Å². The number of carbonyl (C=O) groups is 2. The number of amides is 1. The summed E-state index contributed by atoms with van der Waals surface area (Å²) >= 11 is 1.20. The van der Waals surface area contributed by atoms with Gasteiger partial charge < -0.3 is 10.4 Å². The number of hydrogen-bond donors (Lipinski definition) is 2. The first kappa shape index (κ1) is 17.0. The smallest absolute Gasteiger partial charge is 0.326 e. The summed E-state index contributed by atoms with van der Waals surface area (Å²) in [5, 5.41) is 22.3. The number of carboxylic acid groups (broad SMARTS) is 1. The number of carboxylic acids is 1. The molecule has 0 bridgehead atoms. The maximum atomic E-state index is 12.0. The summed E-state index contributed by atoms with van der Waals surface area (Å²) in [6.45, 7) is 1.81. The van der Waals surface area contributed by atoms with Crippen molar-refractivity contribution in [1.82, 2.24) is 5.32 Å². The Morgan fingerprint density at radius 2 is 2.14 bits per heavy atom. The van der Waals surface area contributed by atoms with Gasteiger partial charge in [-0.05, 0) is 24.8 Å². The number of hydrogen-bond acceptors (Lipinski definition) is 5. The van der Waals surface area contributed by atoms with Crippen LogP contribution in [0.25, 0.3) is 0 Å². The lowest BCUT2D eigenvalue weighted by Gasteiger charge is -2.13. The number of carbonyl (C=O) groups excluding carboxylic acids is 1. The van der Waals surface area contributed by atoms with Crippen molar-refractivity contribution in [2.24, 2.45) is 0 Å². The maximum absolute atomic E-state index is 12.0. The average molecular weight is 312 g/mol. The minimum Gasteiger partial charge on any atom is -0.480 e. The molecule has 0 radical (unpaired) electrons. The number of thioether (sulfide) groups is 1. The summed E-state index contributed by atoms with van der Waals surface area (Å²) in [6.07, 6.45) is 2.60. The van der Waals surface area contributed by atoms with E-state index in [1.807, 2.05) is 0 Å². The Bertz CT molecular complexity index is 561. The quantitative estimate of drug-likeness (QED) is 0.454. The van der Waals surface area contributed by atoms with Crippen molar-refractivity contribution in [3.8, 4) is 0 Å². The summed E-state index contributed by atoms with van der Waals surface area (Å²) in [6, 6.07) is 3.08. The van der Waals surface area contributed by atoms with Gasteiger partial charge in [0.1, 0.15) is 6.04 Å². The molecule has 0 aliphatic rings. The van der Waals surface area contributed by atoms with Gasteiger partial charge in [0.15, 0.2) is 0 Å². The van der Waals surface area contributed by atoms with Gasteiger partial charge in [0.25, 0.3) is 11.6 Å². The highest BCUT2D eigenvalue weighted by molar-refractivity contribution is 7.98. The van der Waals surface area contributed by atoms with Crippen molar-refractivity contribution in [2.45, 2.75) is 30.7 Å². The van der Waals surface area contributed by atoms with Gasteiger partial charge in [-0.15, -0.1) is 11.8 Å². The molecule has 8 heteroatoms. The molecule has 0 aliphatic carbocycles. The van der Waals surface area contributed by atoms with E-state index in [9.17, 15) is 19.7 Å². The van der Waals surface area contributed by atoms with Gasteiger partial charge in [0.2, 0.25) is 0 Å². The number of benzene rings is 1. The summed E-state index contributed by atoms with van der Waals surface area (Å²) in [5.74, 6) is -1.76. The van der Waals surface area contributed by atoms with Gasteiger partial charge in [-0.3, -0.25) is 14.9 Å². The van der Waals surface area contributed by atoms with Crippen molar-refractivity contribution in [3.63, 3.8) is 0 Å². The molecule has 7 nitrogen and oxygen atoms in total. The Balaban J connectivity index is 2.99. The number of nitrogens with one attached hydrogen (secondary N) is 1. The van der Waals surface area contributed by atoms with Gasteiger partial charge in [0, 0.05) is 11.6 Å². The van der Waals surface area contributed by atoms with Crippen LogP contribution in [0.5, 0.6) is 0 Å². The maximum Gasteiger partial charge on any atom is 0.326 e. The van der Waals surface area contributed by atoms with Crippen LogP contribution in [-0.2, 0) is 4.79 Å². The van der Waals surface area contributed by atoms with Crippen LogP contribution in [0.1, 0.15) is 30.1 Å². The molecule has 0 heterocycles. The van der Waals surface area contributed by atoms with Gasteiger partial charge in [0.05, 0.1) is 9.82 Å². The molecule has 0 saturated carbocycles. The average Bonchev–Trinajstić information content (AvgIpc) is 2.45. The SMILES string of the molecule is CCCC(NC(=O)c1ccc(SC)c([N+](=O)[O-])c1)C(=O)O. The molecular weight excluding hydrogens is 296 g/mol. The highest BCUT2D eigenvalue weighted by Crippen LogP contribution is 2.28. The summed E-state index contributed by atoms with van der Waals surface area (Å²) in [7, 11) is 0. The van der Waals surface area contributed by atoms with Crippen LogP contribution in [0.3, 0.4) is 0 Å². The van der Waals surface area contributed by atoms with E-state index in [0.717, 1.165) is 6.07 Å². The number of nitro benzene ring substituents is 1. The molecule has 21 heavy (non-hydrogen) atoms. The van der Waals surface area contributed by atoms with E-state index < -0.39 is 22.8 Å². The van der Waals surface area contributed by atoms with E-state index in [4.69, 9.17) is 5.11 Å². The lowest BCUT2D eigenvalue weighted by molar-refractivity contribution is -0.387. The predicted octanol–water partition coefficient (Wildman–Crippen LogP) is 2.30. The molecular formula is C13H16N2O5S. The number of aliphatic carboxylic acids is 1. The van der Waals surface area contributed by atoms with Crippen molar-refractivity contribution in [2.75, 3.05) is 6.26 Å². The molecule has 0 aliphatic heterocycles. The Labute approximate surface area is 125 Å². The van der Waals surface area contributed by atoms with E-state index >= 15 is 0 Å². The molecule has 1 unspecified atom stereocenters. The second-order valence-corrected chi connectivity index (χ2v) is 5.14. The minimum atomic E-state index is -1.12. The van der Waals surface area contributed by atoms with E-state index in [0.29, 0.717) is 17.7 Å². The largest absolute Gasteiger partial charge is 0.480 e. The lowest BCUT2D eigenvalue weighted by atomic mass is 10.1. The van der Waals surface area contributed by atoms with E-state index in [-0.39, 0.29) is 11.3 Å².